The van der Waals surface area contributed by atoms with Crippen molar-refractivity contribution in [2.75, 3.05) is 25.0 Å². The second-order valence-electron chi connectivity index (χ2n) is 7.74. The van der Waals surface area contributed by atoms with E-state index in [4.69, 9.17) is 0 Å². The molecular formula is C24H30FN3O2. The number of aryl methyl sites for hydroxylation is 2. The molecule has 1 aliphatic heterocycles. The van der Waals surface area contributed by atoms with Crippen LogP contribution < -0.4 is 10.6 Å². The molecule has 2 amide bonds. The zero-order chi connectivity index (χ0) is 21.5. The third kappa shape index (κ3) is 5.66. The van der Waals surface area contributed by atoms with Gasteiger partial charge in [0.1, 0.15) is 5.82 Å². The fourth-order valence-corrected chi connectivity index (χ4v) is 3.92. The maximum Gasteiger partial charge on any atom is 0.251 e. The molecule has 2 N–H and O–H groups in total. The third-order valence-electron chi connectivity index (χ3n) is 5.64. The van der Waals surface area contributed by atoms with Gasteiger partial charge in [0.25, 0.3) is 5.91 Å². The molecule has 1 saturated heterocycles. The van der Waals surface area contributed by atoms with Crippen LogP contribution in [0, 0.1) is 5.82 Å². The third-order valence-corrected chi connectivity index (χ3v) is 5.64. The Labute approximate surface area is 177 Å². The van der Waals surface area contributed by atoms with Crippen LogP contribution in [0.2, 0.25) is 0 Å². The second-order valence-corrected chi connectivity index (χ2v) is 7.74. The average molecular weight is 412 g/mol. The zero-order valence-corrected chi connectivity index (χ0v) is 17.7. The van der Waals surface area contributed by atoms with Gasteiger partial charge in [0.15, 0.2) is 0 Å². The number of carbonyl (C=O) groups excluding carboxylic acids is 2. The summed E-state index contributed by atoms with van der Waals surface area (Å²) >= 11 is 0. The van der Waals surface area contributed by atoms with Crippen molar-refractivity contribution < 1.29 is 14.0 Å². The fraction of sp³-hybridized carbons (Fsp3) is 0.417. The van der Waals surface area contributed by atoms with Gasteiger partial charge in [-0.05, 0) is 55.0 Å². The van der Waals surface area contributed by atoms with Gasteiger partial charge >= 0.3 is 0 Å². The number of piperidine rings is 1. The fourth-order valence-electron chi connectivity index (χ4n) is 3.92. The lowest BCUT2D eigenvalue weighted by atomic mass is 10.0. The maximum atomic E-state index is 13.3. The first kappa shape index (κ1) is 22.0. The molecule has 0 unspecified atom stereocenters. The highest BCUT2D eigenvalue weighted by atomic mass is 19.1. The Morgan fingerprint density at radius 3 is 2.27 bits per heavy atom. The van der Waals surface area contributed by atoms with Crippen molar-refractivity contribution in [3.8, 4) is 0 Å². The van der Waals surface area contributed by atoms with E-state index in [2.05, 4.69) is 41.5 Å². The molecular weight excluding hydrogens is 381 g/mol. The number of benzene rings is 2. The highest BCUT2D eigenvalue weighted by Crippen LogP contribution is 2.22. The topological polar surface area (TPSA) is 61.4 Å². The Bertz CT molecular complexity index is 870. The molecule has 2 aromatic rings. The van der Waals surface area contributed by atoms with Gasteiger partial charge < -0.3 is 10.6 Å². The summed E-state index contributed by atoms with van der Waals surface area (Å²) in [5, 5.41) is 6.09. The van der Waals surface area contributed by atoms with E-state index in [1.54, 1.807) is 6.07 Å². The van der Waals surface area contributed by atoms with Gasteiger partial charge in [-0.2, -0.15) is 0 Å². The molecule has 6 heteroatoms. The molecule has 160 valence electrons. The van der Waals surface area contributed by atoms with Crippen molar-refractivity contribution >= 4 is 17.5 Å². The maximum absolute atomic E-state index is 13.3. The van der Waals surface area contributed by atoms with Crippen LogP contribution in [0.1, 0.15) is 48.2 Å². The molecule has 0 aliphatic carbocycles. The lowest BCUT2D eigenvalue weighted by molar-refractivity contribution is -0.117. The van der Waals surface area contributed by atoms with Gasteiger partial charge in [0, 0.05) is 30.4 Å². The van der Waals surface area contributed by atoms with Crippen LogP contribution >= 0.6 is 0 Å². The largest absolute Gasteiger partial charge is 0.349 e. The number of para-hydroxylation sites is 1. The first-order chi connectivity index (χ1) is 14.5. The number of carbonyl (C=O) groups is 2. The number of hydrogen-bond donors (Lipinski definition) is 2. The Morgan fingerprint density at radius 1 is 1.03 bits per heavy atom. The smallest absolute Gasteiger partial charge is 0.251 e. The Kier molecular flexibility index (Phi) is 7.57. The first-order valence-electron chi connectivity index (χ1n) is 10.7. The average Bonchev–Trinajstić information content (AvgIpc) is 2.75. The predicted octanol–water partition coefficient (Wildman–Crippen LogP) is 3.78. The van der Waals surface area contributed by atoms with Gasteiger partial charge in [-0.3, -0.25) is 14.5 Å². The molecule has 1 fully saturated rings. The van der Waals surface area contributed by atoms with Crippen molar-refractivity contribution in [3.05, 3.63) is 65.0 Å². The molecule has 0 radical (unpaired) electrons. The van der Waals surface area contributed by atoms with Crippen LogP contribution in [-0.2, 0) is 17.6 Å². The summed E-state index contributed by atoms with van der Waals surface area (Å²) in [6.45, 7) is 5.99. The van der Waals surface area contributed by atoms with Crippen molar-refractivity contribution in [1.29, 1.82) is 0 Å². The number of rotatable bonds is 7. The van der Waals surface area contributed by atoms with Gasteiger partial charge in [-0.1, -0.05) is 38.1 Å². The van der Waals surface area contributed by atoms with Gasteiger partial charge in [-0.25, -0.2) is 4.39 Å². The van der Waals surface area contributed by atoms with Crippen LogP contribution in [0.15, 0.2) is 42.5 Å². The molecule has 30 heavy (non-hydrogen) atoms. The van der Waals surface area contributed by atoms with E-state index in [0.717, 1.165) is 55.6 Å². The van der Waals surface area contributed by atoms with Crippen LogP contribution in [0.4, 0.5) is 10.1 Å². The lowest BCUT2D eigenvalue weighted by Crippen LogP contribution is -2.46. The monoisotopic (exact) mass is 411 g/mol. The van der Waals surface area contributed by atoms with Gasteiger partial charge in [0.05, 0.1) is 6.54 Å². The summed E-state index contributed by atoms with van der Waals surface area (Å²) in [4.78, 5) is 27.0. The number of nitrogens with one attached hydrogen (secondary N) is 2. The van der Waals surface area contributed by atoms with E-state index in [0.29, 0.717) is 12.1 Å². The van der Waals surface area contributed by atoms with E-state index < -0.39 is 5.82 Å². The summed E-state index contributed by atoms with van der Waals surface area (Å²) < 4.78 is 13.3. The molecule has 0 aromatic heterocycles. The molecule has 0 bridgehead atoms. The van der Waals surface area contributed by atoms with Crippen LogP contribution in [0.3, 0.4) is 0 Å². The zero-order valence-electron chi connectivity index (χ0n) is 17.7. The lowest BCUT2D eigenvalue weighted by Gasteiger charge is -2.32. The summed E-state index contributed by atoms with van der Waals surface area (Å²) in [5.41, 5.74) is 3.59. The van der Waals surface area contributed by atoms with Crippen molar-refractivity contribution in [1.82, 2.24) is 10.2 Å². The van der Waals surface area contributed by atoms with Crippen LogP contribution in [0.5, 0.6) is 0 Å². The van der Waals surface area contributed by atoms with Crippen molar-refractivity contribution in [2.45, 2.75) is 45.6 Å². The quantitative estimate of drug-likeness (QED) is 0.729. The molecule has 0 atom stereocenters. The van der Waals surface area contributed by atoms with E-state index in [1.165, 1.54) is 18.2 Å². The van der Waals surface area contributed by atoms with Crippen molar-refractivity contribution in [2.24, 2.45) is 0 Å². The second kappa shape index (κ2) is 10.3. The SMILES string of the molecule is CCc1cccc(CC)c1NC(=O)CN1CCC(NC(=O)c2cccc(F)c2)CC1. The Balaban J connectivity index is 1.49. The summed E-state index contributed by atoms with van der Waals surface area (Å²) in [7, 11) is 0. The number of nitrogens with zero attached hydrogens (tertiary/aromatic N) is 1. The van der Waals surface area contributed by atoms with E-state index >= 15 is 0 Å². The predicted molar refractivity (Wildman–Crippen MR) is 117 cm³/mol. The van der Waals surface area contributed by atoms with Crippen LogP contribution in [0.25, 0.3) is 0 Å². The van der Waals surface area contributed by atoms with Gasteiger partial charge in [-0.15, -0.1) is 0 Å². The highest BCUT2D eigenvalue weighted by molar-refractivity contribution is 5.94. The van der Waals surface area contributed by atoms with Crippen LogP contribution in [-0.4, -0.2) is 42.4 Å². The molecule has 3 rings (SSSR count). The minimum Gasteiger partial charge on any atom is -0.349 e. The number of likely N-dealkylation sites (tertiary alicyclic amines) is 1. The number of hydrogen-bond acceptors (Lipinski definition) is 3. The first-order valence-corrected chi connectivity index (χ1v) is 10.7. The summed E-state index contributed by atoms with van der Waals surface area (Å²) in [6.07, 6.45) is 3.28. The molecule has 1 heterocycles. The molecule has 0 saturated carbocycles. The van der Waals surface area contributed by atoms with E-state index in [1.807, 2.05) is 6.07 Å². The number of anilines is 1. The standard InChI is InChI=1S/C24H30FN3O2/c1-3-17-7-5-8-18(4-2)23(17)27-22(29)16-28-13-11-21(12-14-28)26-24(30)19-9-6-10-20(25)15-19/h5-10,15,21H,3-4,11-14,16H2,1-2H3,(H,26,30)(H,27,29). The van der Waals surface area contributed by atoms with Gasteiger partial charge in [0.2, 0.25) is 5.91 Å². The highest BCUT2D eigenvalue weighted by Gasteiger charge is 2.23. The number of halogens is 1. The van der Waals surface area contributed by atoms with E-state index in [-0.39, 0.29) is 17.9 Å². The molecule has 5 nitrogen and oxygen atoms in total. The number of amides is 2. The normalized spacial score (nSPS) is 15.0. The molecule has 2 aromatic carbocycles. The Hall–Kier alpha value is -2.73. The summed E-state index contributed by atoms with van der Waals surface area (Å²) in [5.74, 6) is -0.679. The van der Waals surface area contributed by atoms with Crippen molar-refractivity contribution in [3.63, 3.8) is 0 Å². The molecule has 0 spiro atoms. The summed E-state index contributed by atoms with van der Waals surface area (Å²) in [6, 6.07) is 11.9. The van der Waals surface area contributed by atoms with E-state index in [9.17, 15) is 14.0 Å². The Morgan fingerprint density at radius 2 is 1.67 bits per heavy atom. The minimum absolute atomic E-state index is 0.00662. The minimum atomic E-state index is -0.417. The molecule has 1 aliphatic rings.